The summed E-state index contributed by atoms with van der Waals surface area (Å²) in [6.45, 7) is 3.13. The Hall–Kier alpha value is -0.380. The summed E-state index contributed by atoms with van der Waals surface area (Å²) in [7, 11) is 0. The minimum absolute atomic E-state index is 0.946. The predicted molar refractivity (Wildman–Crippen MR) is 66.5 cm³/mol. The van der Waals surface area contributed by atoms with Crippen LogP contribution in [-0.4, -0.2) is 12.8 Å². The lowest BCUT2D eigenvalue weighted by atomic mass is 10.2. The van der Waals surface area contributed by atoms with Gasteiger partial charge in [0.2, 0.25) is 0 Å². The van der Waals surface area contributed by atoms with E-state index in [1.54, 1.807) is 0 Å². The van der Waals surface area contributed by atoms with E-state index in [1.165, 1.54) is 22.0 Å². The number of benzene rings is 1. The fourth-order valence-corrected chi connectivity index (χ4v) is 1.52. The highest BCUT2D eigenvalue weighted by Crippen LogP contribution is 2.08. The maximum absolute atomic E-state index is 4.36. The van der Waals surface area contributed by atoms with Crippen LogP contribution in [0.2, 0.25) is 0 Å². The summed E-state index contributed by atoms with van der Waals surface area (Å²) >= 11 is 2.33. The number of nitrogens with zero attached hydrogens (tertiary/aromatic N) is 1. The summed E-state index contributed by atoms with van der Waals surface area (Å²) in [6, 6.07) is 8.29. The first kappa shape index (κ1) is 10.7. The van der Waals surface area contributed by atoms with Gasteiger partial charge >= 0.3 is 0 Å². The van der Waals surface area contributed by atoms with E-state index in [4.69, 9.17) is 0 Å². The second-order valence-corrected chi connectivity index (χ2v) is 4.07. The SMILES string of the molecule is CCCC/N=C/c1ccccc1I. The Morgan fingerprint density at radius 2 is 2.15 bits per heavy atom. The molecule has 0 spiro atoms. The molecule has 0 saturated carbocycles. The molecule has 0 heterocycles. The van der Waals surface area contributed by atoms with Gasteiger partial charge in [-0.15, -0.1) is 0 Å². The Morgan fingerprint density at radius 1 is 1.38 bits per heavy atom. The monoisotopic (exact) mass is 287 g/mol. The Morgan fingerprint density at radius 3 is 2.85 bits per heavy atom. The molecule has 0 aliphatic rings. The number of aliphatic imine (C=N–C) groups is 1. The van der Waals surface area contributed by atoms with Crippen molar-refractivity contribution < 1.29 is 0 Å². The van der Waals surface area contributed by atoms with Crippen LogP contribution in [0.3, 0.4) is 0 Å². The molecule has 70 valence electrons. The van der Waals surface area contributed by atoms with E-state index >= 15 is 0 Å². The molecule has 1 aromatic carbocycles. The van der Waals surface area contributed by atoms with Crippen molar-refractivity contribution in [2.75, 3.05) is 6.54 Å². The second-order valence-electron chi connectivity index (χ2n) is 2.91. The van der Waals surface area contributed by atoms with E-state index in [0.29, 0.717) is 0 Å². The van der Waals surface area contributed by atoms with Crippen molar-refractivity contribution in [2.45, 2.75) is 19.8 Å². The van der Waals surface area contributed by atoms with Gasteiger partial charge < -0.3 is 0 Å². The van der Waals surface area contributed by atoms with Crippen LogP contribution in [0.1, 0.15) is 25.3 Å². The van der Waals surface area contributed by atoms with Crippen LogP contribution in [0.25, 0.3) is 0 Å². The maximum Gasteiger partial charge on any atom is 0.0389 e. The van der Waals surface area contributed by atoms with Gasteiger partial charge in [0.05, 0.1) is 0 Å². The third-order valence-corrected chi connectivity index (χ3v) is 2.76. The van der Waals surface area contributed by atoms with Gasteiger partial charge in [0.25, 0.3) is 0 Å². The Labute approximate surface area is 93.4 Å². The van der Waals surface area contributed by atoms with Gasteiger partial charge in [-0.25, -0.2) is 0 Å². The molecular formula is C11H14IN. The highest BCUT2D eigenvalue weighted by molar-refractivity contribution is 14.1. The molecule has 0 atom stereocenters. The molecule has 2 heteroatoms. The summed E-state index contributed by atoms with van der Waals surface area (Å²) in [5.74, 6) is 0. The van der Waals surface area contributed by atoms with E-state index in [9.17, 15) is 0 Å². The van der Waals surface area contributed by atoms with Gasteiger partial charge in [0.1, 0.15) is 0 Å². The molecule has 0 aliphatic heterocycles. The summed E-state index contributed by atoms with van der Waals surface area (Å²) < 4.78 is 1.26. The zero-order chi connectivity index (χ0) is 9.52. The molecule has 0 saturated heterocycles. The Balaban J connectivity index is 2.53. The van der Waals surface area contributed by atoms with Crippen molar-refractivity contribution >= 4 is 28.8 Å². The van der Waals surface area contributed by atoms with E-state index in [0.717, 1.165) is 6.54 Å². The smallest absolute Gasteiger partial charge is 0.0389 e. The number of unbranched alkanes of at least 4 members (excludes halogenated alkanes) is 1. The van der Waals surface area contributed by atoms with Crippen molar-refractivity contribution in [2.24, 2.45) is 4.99 Å². The minimum Gasteiger partial charge on any atom is -0.293 e. The van der Waals surface area contributed by atoms with E-state index in [1.807, 2.05) is 18.3 Å². The summed E-state index contributed by atoms with van der Waals surface area (Å²) in [6.07, 6.45) is 4.36. The molecule has 0 unspecified atom stereocenters. The van der Waals surface area contributed by atoms with Crippen LogP contribution in [0.15, 0.2) is 29.3 Å². The zero-order valence-corrected chi connectivity index (χ0v) is 9.99. The number of hydrogen-bond donors (Lipinski definition) is 0. The third kappa shape index (κ3) is 3.89. The van der Waals surface area contributed by atoms with Crippen LogP contribution < -0.4 is 0 Å². The average Bonchev–Trinajstić information content (AvgIpc) is 2.15. The van der Waals surface area contributed by atoms with Crippen molar-refractivity contribution in [1.82, 2.24) is 0 Å². The lowest BCUT2D eigenvalue weighted by molar-refractivity contribution is 0.810. The highest BCUT2D eigenvalue weighted by Gasteiger charge is 1.92. The number of hydrogen-bond acceptors (Lipinski definition) is 1. The molecule has 13 heavy (non-hydrogen) atoms. The lowest BCUT2D eigenvalue weighted by Crippen LogP contribution is -1.87. The molecule has 1 aromatic rings. The van der Waals surface area contributed by atoms with Gasteiger partial charge in [0, 0.05) is 21.9 Å². The Kier molecular flexibility index (Phi) is 5.05. The zero-order valence-electron chi connectivity index (χ0n) is 7.83. The first-order chi connectivity index (χ1) is 6.34. The summed E-state index contributed by atoms with van der Waals surface area (Å²) in [4.78, 5) is 4.36. The van der Waals surface area contributed by atoms with Gasteiger partial charge in [-0.2, -0.15) is 0 Å². The van der Waals surface area contributed by atoms with Crippen LogP contribution >= 0.6 is 22.6 Å². The van der Waals surface area contributed by atoms with Crippen molar-refractivity contribution in [3.05, 3.63) is 33.4 Å². The fourth-order valence-electron chi connectivity index (χ4n) is 0.992. The van der Waals surface area contributed by atoms with Crippen LogP contribution in [0.4, 0.5) is 0 Å². The first-order valence-corrected chi connectivity index (χ1v) is 5.67. The topological polar surface area (TPSA) is 12.4 Å². The molecule has 0 bridgehead atoms. The lowest BCUT2D eigenvalue weighted by Gasteiger charge is -1.96. The van der Waals surface area contributed by atoms with Crippen LogP contribution in [-0.2, 0) is 0 Å². The van der Waals surface area contributed by atoms with Gasteiger partial charge in [-0.05, 0) is 35.1 Å². The standard InChI is InChI=1S/C11H14IN/c1-2-3-8-13-9-10-6-4-5-7-11(10)12/h4-7,9H,2-3,8H2,1H3/b13-9+. The van der Waals surface area contributed by atoms with Gasteiger partial charge in [-0.1, -0.05) is 31.5 Å². The van der Waals surface area contributed by atoms with Crippen LogP contribution in [0, 0.1) is 3.57 Å². The van der Waals surface area contributed by atoms with E-state index in [-0.39, 0.29) is 0 Å². The molecule has 0 aromatic heterocycles. The summed E-state index contributed by atoms with van der Waals surface area (Å²) in [5.41, 5.74) is 1.22. The first-order valence-electron chi connectivity index (χ1n) is 4.59. The quantitative estimate of drug-likeness (QED) is 0.456. The normalized spacial score (nSPS) is 10.9. The molecule has 0 amide bonds. The molecular weight excluding hydrogens is 273 g/mol. The molecule has 1 nitrogen and oxygen atoms in total. The molecule has 0 N–H and O–H groups in total. The molecule has 0 fully saturated rings. The molecule has 1 rings (SSSR count). The molecule has 0 radical (unpaired) electrons. The fraction of sp³-hybridized carbons (Fsp3) is 0.364. The van der Waals surface area contributed by atoms with Crippen molar-refractivity contribution in [1.29, 1.82) is 0 Å². The Bertz CT molecular complexity index is 281. The maximum atomic E-state index is 4.36. The third-order valence-electron chi connectivity index (χ3n) is 1.78. The predicted octanol–water partition coefficient (Wildman–Crippen LogP) is 3.51. The van der Waals surface area contributed by atoms with Gasteiger partial charge in [0.15, 0.2) is 0 Å². The van der Waals surface area contributed by atoms with E-state index in [2.05, 4.69) is 46.6 Å². The van der Waals surface area contributed by atoms with Gasteiger partial charge in [-0.3, -0.25) is 4.99 Å². The highest BCUT2D eigenvalue weighted by atomic mass is 127. The minimum atomic E-state index is 0.946. The number of rotatable bonds is 4. The van der Waals surface area contributed by atoms with E-state index < -0.39 is 0 Å². The molecule has 0 aliphatic carbocycles. The second kappa shape index (κ2) is 6.13. The van der Waals surface area contributed by atoms with Crippen LogP contribution in [0.5, 0.6) is 0 Å². The van der Waals surface area contributed by atoms with Crippen molar-refractivity contribution in [3.63, 3.8) is 0 Å². The largest absolute Gasteiger partial charge is 0.293 e. The average molecular weight is 287 g/mol. The summed E-state index contributed by atoms with van der Waals surface area (Å²) in [5, 5.41) is 0. The van der Waals surface area contributed by atoms with Crippen molar-refractivity contribution in [3.8, 4) is 0 Å². The number of halogens is 1.